The first kappa shape index (κ1) is 16.8. The van der Waals surface area contributed by atoms with Crippen LogP contribution in [0.3, 0.4) is 0 Å². The van der Waals surface area contributed by atoms with E-state index in [9.17, 15) is 4.79 Å². The number of hydrogen-bond acceptors (Lipinski definition) is 4. The van der Waals surface area contributed by atoms with Crippen molar-refractivity contribution in [2.75, 3.05) is 45.3 Å². The van der Waals surface area contributed by atoms with Crippen LogP contribution in [0.4, 0.5) is 5.69 Å². The van der Waals surface area contributed by atoms with Gasteiger partial charge in [0.2, 0.25) is 5.84 Å². The first-order valence-corrected chi connectivity index (χ1v) is 8.22. The number of anilines is 1. The van der Waals surface area contributed by atoms with Gasteiger partial charge >= 0.3 is 5.97 Å². The number of piperazine rings is 1. The van der Waals surface area contributed by atoms with Crippen LogP contribution in [-0.2, 0) is 9.53 Å². The molecule has 2 rings (SSSR count). The van der Waals surface area contributed by atoms with E-state index < -0.39 is 0 Å². The maximum Gasteiger partial charge on any atom is 0.376 e. The number of likely N-dealkylation sites (N-methyl/N-ethyl adjacent to an activating group) is 1. The van der Waals surface area contributed by atoms with Gasteiger partial charge in [-0.3, -0.25) is 5.43 Å². The van der Waals surface area contributed by atoms with Crippen molar-refractivity contribution in [3.8, 4) is 0 Å². The SMILES string of the molecule is CCOC(=O)/C(=N\Nc1ccc(Br)cc1)N1CC[NH+](C)CC1. The smallest absolute Gasteiger partial charge is 0.376 e. The summed E-state index contributed by atoms with van der Waals surface area (Å²) in [5, 5.41) is 4.28. The molecular formula is C15H22BrN4O2+. The van der Waals surface area contributed by atoms with Gasteiger partial charge in [-0.2, -0.15) is 0 Å². The monoisotopic (exact) mass is 369 g/mol. The van der Waals surface area contributed by atoms with E-state index in [-0.39, 0.29) is 5.97 Å². The maximum atomic E-state index is 12.2. The second-order valence-corrected chi connectivity index (χ2v) is 6.13. The van der Waals surface area contributed by atoms with Gasteiger partial charge in [0.25, 0.3) is 0 Å². The largest absolute Gasteiger partial charge is 0.460 e. The third-order valence-electron chi connectivity index (χ3n) is 3.51. The number of rotatable bonds is 3. The average molecular weight is 370 g/mol. The molecule has 0 spiro atoms. The summed E-state index contributed by atoms with van der Waals surface area (Å²) in [6.45, 7) is 5.70. The Kier molecular flexibility index (Phi) is 6.21. The number of carbonyl (C=O) groups excluding carboxylic acids is 1. The molecule has 1 heterocycles. The predicted molar refractivity (Wildman–Crippen MR) is 90.0 cm³/mol. The first-order valence-electron chi connectivity index (χ1n) is 7.42. The second kappa shape index (κ2) is 8.14. The first-order chi connectivity index (χ1) is 10.6. The van der Waals surface area contributed by atoms with Crippen molar-refractivity contribution in [2.45, 2.75) is 6.92 Å². The van der Waals surface area contributed by atoms with Gasteiger partial charge in [-0.1, -0.05) is 15.9 Å². The lowest BCUT2D eigenvalue weighted by molar-refractivity contribution is -0.883. The van der Waals surface area contributed by atoms with E-state index in [1.807, 2.05) is 29.2 Å². The summed E-state index contributed by atoms with van der Waals surface area (Å²) in [6.07, 6.45) is 0. The van der Waals surface area contributed by atoms with Crippen LogP contribution < -0.4 is 10.3 Å². The zero-order valence-electron chi connectivity index (χ0n) is 12.9. The minimum absolute atomic E-state index is 0.342. The highest BCUT2D eigenvalue weighted by Gasteiger charge is 2.26. The van der Waals surface area contributed by atoms with Crippen molar-refractivity contribution >= 4 is 33.4 Å². The standard InChI is InChI=1S/C15H21BrN4O2/c1-3-22-15(21)14(20-10-8-19(2)9-11-20)18-17-13-6-4-12(16)5-7-13/h4-7,17H,3,8-11H2,1-2H3/p+1/b18-14+. The molecule has 7 heteroatoms. The number of ether oxygens (including phenoxy) is 1. The molecule has 1 aromatic carbocycles. The van der Waals surface area contributed by atoms with Crippen LogP contribution >= 0.6 is 15.9 Å². The van der Waals surface area contributed by atoms with Crippen LogP contribution in [0.25, 0.3) is 0 Å². The van der Waals surface area contributed by atoms with Crippen LogP contribution in [0.5, 0.6) is 0 Å². The fourth-order valence-electron chi connectivity index (χ4n) is 2.18. The lowest BCUT2D eigenvalue weighted by Crippen LogP contribution is -3.12. The summed E-state index contributed by atoms with van der Waals surface area (Å²) in [4.78, 5) is 15.6. The lowest BCUT2D eigenvalue weighted by Gasteiger charge is -2.31. The van der Waals surface area contributed by atoms with Crippen molar-refractivity contribution in [3.05, 3.63) is 28.7 Å². The van der Waals surface area contributed by atoms with Gasteiger partial charge in [-0.15, -0.1) is 5.10 Å². The molecule has 1 aliphatic rings. The molecule has 120 valence electrons. The molecule has 2 N–H and O–H groups in total. The molecule has 0 atom stereocenters. The number of esters is 1. The number of nitrogens with zero attached hydrogens (tertiary/aromatic N) is 2. The average Bonchev–Trinajstić information content (AvgIpc) is 2.51. The summed E-state index contributed by atoms with van der Waals surface area (Å²) in [7, 11) is 2.15. The van der Waals surface area contributed by atoms with Gasteiger partial charge in [0.05, 0.1) is 45.5 Å². The topological polar surface area (TPSA) is 58.4 Å². The molecule has 6 nitrogen and oxygen atoms in total. The quantitative estimate of drug-likeness (QED) is 0.354. The van der Waals surface area contributed by atoms with Crippen LogP contribution in [0.15, 0.2) is 33.8 Å². The molecule has 1 saturated heterocycles. The Balaban J connectivity index is 2.10. The number of hydrogen-bond donors (Lipinski definition) is 2. The number of quaternary nitrogens is 1. The van der Waals surface area contributed by atoms with Crippen molar-refractivity contribution < 1.29 is 14.4 Å². The van der Waals surface area contributed by atoms with Gasteiger partial charge in [-0.05, 0) is 31.2 Å². The summed E-state index contributed by atoms with van der Waals surface area (Å²) >= 11 is 3.39. The van der Waals surface area contributed by atoms with E-state index in [4.69, 9.17) is 4.74 Å². The molecule has 0 bridgehead atoms. The van der Waals surface area contributed by atoms with E-state index >= 15 is 0 Å². The van der Waals surface area contributed by atoms with Gasteiger partial charge in [0.1, 0.15) is 0 Å². The van der Waals surface area contributed by atoms with Crippen LogP contribution in [0, 0.1) is 0 Å². The van der Waals surface area contributed by atoms with Crippen molar-refractivity contribution in [1.82, 2.24) is 4.90 Å². The Morgan fingerprint density at radius 1 is 1.36 bits per heavy atom. The number of amidine groups is 1. The van der Waals surface area contributed by atoms with E-state index in [1.165, 1.54) is 4.90 Å². The maximum absolute atomic E-state index is 12.2. The number of nitrogens with one attached hydrogen (secondary N) is 2. The molecule has 22 heavy (non-hydrogen) atoms. The third kappa shape index (κ3) is 4.71. The Bertz CT molecular complexity index is 525. The highest BCUT2D eigenvalue weighted by atomic mass is 79.9. The Hall–Kier alpha value is -1.60. The molecule has 1 aromatic rings. The highest BCUT2D eigenvalue weighted by Crippen LogP contribution is 2.14. The van der Waals surface area contributed by atoms with E-state index in [0.717, 1.165) is 36.3 Å². The molecule has 0 aromatic heterocycles. The minimum Gasteiger partial charge on any atom is -0.460 e. The van der Waals surface area contributed by atoms with E-state index in [1.54, 1.807) is 6.92 Å². The second-order valence-electron chi connectivity index (χ2n) is 5.22. The zero-order chi connectivity index (χ0) is 15.9. The summed E-state index contributed by atoms with van der Waals surface area (Å²) in [5.74, 6) is -0.0380. The normalized spacial score (nSPS) is 16.5. The number of halogens is 1. The van der Waals surface area contributed by atoms with E-state index in [2.05, 4.69) is 33.5 Å². The molecular weight excluding hydrogens is 348 g/mol. The van der Waals surface area contributed by atoms with Crippen molar-refractivity contribution in [1.29, 1.82) is 0 Å². The van der Waals surface area contributed by atoms with Crippen LogP contribution in [-0.4, -0.2) is 56.5 Å². The van der Waals surface area contributed by atoms with Crippen molar-refractivity contribution in [2.24, 2.45) is 5.10 Å². The van der Waals surface area contributed by atoms with Crippen LogP contribution in [0.2, 0.25) is 0 Å². The Morgan fingerprint density at radius 2 is 2.00 bits per heavy atom. The van der Waals surface area contributed by atoms with Crippen molar-refractivity contribution in [3.63, 3.8) is 0 Å². The van der Waals surface area contributed by atoms with Gasteiger partial charge < -0.3 is 14.5 Å². The summed E-state index contributed by atoms with van der Waals surface area (Å²) < 4.78 is 6.12. The fraction of sp³-hybridized carbons (Fsp3) is 0.467. The molecule has 0 amide bonds. The number of hydrazone groups is 1. The summed E-state index contributed by atoms with van der Waals surface area (Å²) in [6, 6.07) is 7.62. The molecule has 0 unspecified atom stereocenters. The molecule has 0 aliphatic carbocycles. The number of carbonyl (C=O) groups is 1. The number of benzene rings is 1. The van der Waals surface area contributed by atoms with Gasteiger partial charge in [0.15, 0.2) is 0 Å². The molecule has 0 saturated carbocycles. The Labute approximate surface area is 139 Å². The van der Waals surface area contributed by atoms with Gasteiger partial charge in [-0.25, -0.2) is 4.79 Å². The fourth-order valence-corrected chi connectivity index (χ4v) is 2.45. The Morgan fingerprint density at radius 3 is 2.59 bits per heavy atom. The molecule has 1 fully saturated rings. The highest BCUT2D eigenvalue weighted by molar-refractivity contribution is 9.10. The van der Waals surface area contributed by atoms with E-state index in [0.29, 0.717) is 12.4 Å². The van der Waals surface area contributed by atoms with Gasteiger partial charge in [0, 0.05) is 4.47 Å². The predicted octanol–water partition coefficient (Wildman–Crippen LogP) is 0.568. The molecule has 0 radical (unpaired) electrons. The third-order valence-corrected chi connectivity index (χ3v) is 4.04. The minimum atomic E-state index is -0.383. The van der Waals surface area contributed by atoms with Crippen LogP contribution in [0.1, 0.15) is 6.92 Å². The lowest BCUT2D eigenvalue weighted by atomic mass is 10.3. The molecule has 1 aliphatic heterocycles. The summed E-state index contributed by atoms with van der Waals surface area (Å²) in [5.41, 5.74) is 3.76. The zero-order valence-corrected chi connectivity index (χ0v) is 14.5.